The molecule has 0 spiro atoms. The summed E-state index contributed by atoms with van der Waals surface area (Å²) in [5.74, 6) is -0.292. The molecule has 1 N–H and O–H groups in total. The van der Waals surface area contributed by atoms with Gasteiger partial charge >= 0.3 is 5.97 Å². The topological polar surface area (TPSA) is 47.6 Å². The summed E-state index contributed by atoms with van der Waals surface area (Å²) in [6.07, 6.45) is 0.931. The summed E-state index contributed by atoms with van der Waals surface area (Å²) in [7, 11) is 1.42. The van der Waals surface area contributed by atoms with Crippen molar-refractivity contribution in [3.05, 3.63) is 35.4 Å². The van der Waals surface area contributed by atoms with Crippen LogP contribution in [0.3, 0.4) is 0 Å². The molecule has 4 heteroatoms. The molecule has 0 aliphatic carbocycles. The van der Waals surface area contributed by atoms with Crippen LogP contribution in [0.5, 0.6) is 0 Å². The first-order chi connectivity index (χ1) is 9.14. The van der Waals surface area contributed by atoms with Gasteiger partial charge < -0.3 is 9.47 Å². The predicted molar refractivity (Wildman–Crippen MR) is 72.7 cm³/mol. The van der Waals surface area contributed by atoms with Crippen molar-refractivity contribution in [3.8, 4) is 0 Å². The summed E-state index contributed by atoms with van der Waals surface area (Å²) < 4.78 is 10.6. The van der Waals surface area contributed by atoms with E-state index >= 15 is 0 Å². The molecule has 1 aliphatic heterocycles. The number of esters is 1. The highest BCUT2D eigenvalue weighted by Crippen LogP contribution is 2.32. The van der Waals surface area contributed by atoms with E-state index in [0.717, 1.165) is 17.5 Å². The number of benzene rings is 1. The standard InChI is InChI=1S/C15H21NO3/c1-4-11(2)16-15(14(17)18-3)10-19-9-12-7-5-6-8-13(12)15/h5-8,11,16H,4,9-10H2,1-3H3. The second-order valence-corrected chi connectivity index (χ2v) is 5.00. The molecule has 1 heterocycles. The Balaban J connectivity index is 2.47. The maximum Gasteiger partial charge on any atom is 0.333 e. The molecule has 0 amide bonds. The average molecular weight is 263 g/mol. The van der Waals surface area contributed by atoms with Crippen LogP contribution in [0.15, 0.2) is 24.3 Å². The molecule has 1 aromatic carbocycles. The lowest BCUT2D eigenvalue weighted by molar-refractivity contribution is -0.154. The van der Waals surface area contributed by atoms with Crippen molar-refractivity contribution in [2.24, 2.45) is 0 Å². The van der Waals surface area contributed by atoms with Crippen molar-refractivity contribution in [3.63, 3.8) is 0 Å². The van der Waals surface area contributed by atoms with E-state index in [1.165, 1.54) is 7.11 Å². The van der Waals surface area contributed by atoms with Gasteiger partial charge in [0.25, 0.3) is 0 Å². The Morgan fingerprint density at radius 3 is 2.95 bits per heavy atom. The van der Waals surface area contributed by atoms with Crippen molar-refractivity contribution in [2.75, 3.05) is 13.7 Å². The first-order valence-electron chi connectivity index (χ1n) is 6.66. The monoisotopic (exact) mass is 263 g/mol. The van der Waals surface area contributed by atoms with E-state index in [0.29, 0.717) is 13.2 Å². The minimum Gasteiger partial charge on any atom is -0.467 e. The first kappa shape index (κ1) is 14.0. The maximum atomic E-state index is 12.3. The van der Waals surface area contributed by atoms with Crippen molar-refractivity contribution in [1.82, 2.24) is 5.32 Å². The molecule has 2 rings (SSSR count). The third-order valence-electron chi connectivity index (χ3n) is 3.69. The molecule has 0 radical (unpaired) electrons. The number of hydrogen-bond acceptors (Lipinski definition) is 4. The van der Waals surface area contributed by atoms with E-state index < -0.39 is 5.54 Å². The van der Waals surface area contributed by atoms with Gasteiger partial charge in [-0.3, -0.25) is 5.32 Å². The van der Waals surface area contributed by atoms with E-state index in [-0.39, 0.29) is 12.0 Å². The van der Waals surface area contributed by atoms with Gasteiger partial charge in [0.2, 0.25) is 0 Å². The summed E-state index contributed by atoms with van der Waals surface area (Å²) in [5, 5.41) is 3.39. The number of rotatable bonds is 4. The van der Waals surface area contributed by atoms with E-state index in [9.17, 15) is 4.79 Å². The van der Waals surface area contributed by atoms with E-state index in [1.807, 2.05) is 24.3 Å². The second kappa shape index (κ2) is 5.72. The number of hydrogen-bond donors (Lipinski definition) is 1. The number of carbonyl (C=O) groups excluding carboxylic acids is 1. The molecule has 0 saturated heterocycles. The van der Waals surface area contributed by atoms with Gasteiger partial charge in [-0.2, -0.15) is 0 Å². The predicted octanol–water partition coefficient (Wildman–Crippen LogP) is 1.97. The van der Waals surface area contributed by atoms with E-state index in [4.69, 9.17) is 9.47 Å². The maximum absolute atomic E-state index is 12.3. The molecule has 19 heavy (non-hydrogen) atoms. The van der Waals surface area contributed by atoms with Crippen LogP contribution in [-0.4, -0.2) is 25.7 Å². The van der Waals surface area contributed by atoms with Crippen LogP contribution < -0.4 is 5.32 Å². The molecule has 0 saturated carbocycles. The highest BCUT2D eigenvalue weighted by atomic mass is 16.5. The highest BCUT2D eigenvalue weighted by Gasteiger charge is 2.45. The van der Waals surface area contributed by atoms with Crippen molar-refractivity contribution in [2.45, 2.75) is 38.5 Å². The lowest BCUT2D eigenvalue weighted by Crippen LogP contribution is -2.58. The molecule has 0 aromatic heterocycles. The van der Waals surface area contributed by atoms with Crippen LogP contribution >= 0.6 is 0 Å². The minimum atomic E-state index is -0.890. The van der Waals surface area contributed by atoms with Gasteiger partial charge in [-0.05, 0) is 24.5 Å². The molecular weight excluding hydrogens is 242 g/mol. The summed E-state index contributed by atoms with van der Waals surface area (Å²) in [6, 6.07) is 8.07. The molecule has 0 fully saturated rings. The van der Waals surface area contributed by atoms with Gasteiger partial charge in [0, 0.05) is 6.04 Å². The summed E-state index contributed by atoms with van der Waals surface area (Å²) >= 11 is 0. The Morgan fingerprint density at radius 2 is 2.26 bits per heavy atom. The van der Waals surface area contributed by atoms with Crippen LogP contribution in [0.2, 0.25) is 0 Å². The lowest BCUT2D eigenvalue weighted by atomic mass is 9.84. The Kier molecular flexibility index (Phi) is 4.22. The average Bonchev–Trinajstić information content (AvgIpc) is 2.46. The Bertz CT molecular complexity index is 460. The molecule has 2 unspecified atom stereocenters. The van der Waals surface area contributed by atoms with Gasteiger partial charge in [0.1, 0.15) is 0 Å². The van der Waals surface area contributed by atoms with Crippen molar-refractivity contribution >= 4 is 5.97 Å². The van der Waals surface area contributed by atoms with Gasteiger partial charge in [-0.15, -0.1) is 0 Å². The number of fused-ring (bicyclic) bond motifs is 1. The number of carbonyl (C=O) groups is 1. The molecule has 0 bridgehead atoms. The lowest BCUT2D eigenvalue weighted by Gasteiger charge is -2.39. The quantitative estimate of drug-likeness (QED) is 0.844. The second-order valence-electron chi connectivity index (χ2n) is 5.00. The third-order valence-corrected chi connectivity index (χ3v) is 3.69. The fraction of sp³-hybridized carbons (Fsp3) is 0.533. The zero-order valence-electron chi connectivity index (χ0n) is 11.7. The van der Waals surface area contributed by atoms with E-state index in [2.05, 4.69) is 19.2 Å². The minimum absolute atomic E-state index is 0.203. The smallest absolute Gasteiger partial charge is 0.333 e. The van der Waals surface area contributed by atoms with Crippen LogP contribution in [0.4, 0.5) is 0 Å². The van der Waals surface area contributed by atoms with Gasteiger partial charge in [0.15, 0.2) is 5.54 Å². The van der Waals surface area contributed by atoms with Crippen LogP contribution in [0, 0.1) is 0 Å². The van der Waals surface area contributed by atoms with E-state index in [1.54, 1.807) is 0 Å². The molecule has 2 atom stereocenters. The largest absolute Gasteiger partial charge is 0.467 e. The Morgan fingerprint density at radius 1 is 1.53 bits per heavy atom. The first-order valence-corrected chi connectivity index (χ1v) is 6.66. The number of methoxy groups -OCH3 is 1. The summed E-state index contributed by atoms with van der Waals surface area (Å²) in [6.45, 7) is 4.98. The fourth-order valence-electron chi connectivity index (χ4n) is 2.50. The van der Waals surface area contributed by atoms with Gasteiger partial charge in [0.05, 0.1) is 20.3 Å². The zero-order chi connectivity index (χ0) is 13.9. The molecule has 4 nitrogen and oxygen atoms in total. The van der Waals surface area contributed by atoms with Crippen LogP contribution in [0.25, 0.3) is 0 Å². The number of nitrogens with one attached hydrogen (secondary N) is 1. The fourth-order valence-corrected chi connectivity index (χ4v) is 2.50. The summed E-state index contributed by atoms with van der Waals surface area (Å²) in [4.78, 5) is 12.3. The van der Waals surface area contributed by atoms with Crippen LogP contribution in [-0.2, 0) is 26.4 Å². The number of ether oxygens (including phenoxy) is 2. The Labute approximate surface area is 114 Å². The van der Waals surface area contributed by atoms with Gasteiger partial charge in [-0.25, -0.2) is 4.79 Å². The Hall–Kier alpha value is -1.39. The van der Waals surface area contributed by atoms with Crippen LogP contribution in [0.1, 0.15) is 31.4 Å². The molecule has 1 aromatic rings. The van der Waals surface area contributed by atoms with Crippen molar-refractivity contribution in [1.29, 1.82) is 0 Å². The molecular formula is C15H21NO3. The summed E-state index contributed by atoms with van der Waals surface area (Å²) in [5.41, 5.74) is 1.11. The highest BCUT2D eigenvalue weighted by molar-refractivity contribution is 5.83. The SMILES string of the molecule is CCC(C)NC1(C(=O)OC)COCc2ccccc21. The third kappa shape index (κ3) is 2.51. The molecule has 104 valence electrons. The zero-order valence-corrected chi connectivity index (χ0v) is 11.7. The van der Waals surface area contributed by atoms with Gasteiger partial charge in [-0.1, -0.05) is 31.2 Å². The normalized spacial score (nSPS) is 23.5. The molecule has 1 aliphatic rings. The van der Waals surface area contributed by atoms with Crippen molar-refractivity contribution < 1.29 is 14.3 Å².